The van der Waals surface area contributed by atoms with Crippen molar-refractivity contribution in [1.29, 1.82) is 0 Å². The summed E-state index contributed by atoms with van der Waals surface area (Å²) in [5.74, 6) is -0.642. The molecule has 1 aromatic carbocycles. The number of alkyl halides is 3. The largest absolute Gasteiger partial charge is 0.417 e. The zero-order valence-electron chi connectivity index (χ0n) is 16.9. The third-order valence-corrected chi connectivity index (χ3v) is 5.77. The fourth-order valence-electron chi connectivity index (χ4n) is 4.07. The zero-order valence-corrected chi connectivity index (χ0v) is 16.9. The van der Waals surface area contributed by atoms with Crippen LogP contribution in [0, 0.1) is 12.7 Å². The summed E-state index contributed by atoms with van der Waals surface area (Å²) < 4.78 is 59.4. The first-order valence-electron chi connectivity index (χ1n) is 10.1. The number of likely N-dealkylation sites (tertiary alicyclic amines) is 1. The molecule has 0 spiro atoms. The zero-order chi connectivity index (χ0) is 22.2. The smallest absolute Gasteiger partial charge is 0.343 e. The van der Waals surface area contributed by atoms with Gasteiger partial charge in [-0.3, -0.25) is 4.79 Å². The van der Waals surface area contributed by atoms with Crippen LogP contribution in [0.5, 0.6) is 0 Å². The van der Waals surface area contributed by atoms with Crippen molar-refractivity contribution in [1.82, 2.24) is 15.0 Å². The molecule has 0 unspecified atom stereocenters. The molecule has 0 saturated carbocycles. The third-order valence-electron chi connectivity index (χ3n) is 5.77. The fraction of sp³-hybridized carbons (Fsp3) is 0.409. The number of carbonyl (C=O) groups excluding carboxylic acids is 1. The van der Waals surface area contributed by atoms with Crippen LogP contribution in [0.4, 0.5) is 17.6 Å². The van der Waals surface area contributed by atoms with Crippen LogP contribution in [-0.2, 0) is 17.4 Å². The van der Waals surface area contributed by atoms with Crippen molar-refractivity contribution in [2.24, 2.45) is 0 Å². The molecule has 1 saturated heterocycles. The minimum Gasteiger partial charge on any atom is -0.343 e. The Morgan fingerprint density at radius 1 is 1.23 bits per heavy atom. The maximum absolute atomic E-state index is 13.7. The summed E-state index contributed by atoms with van der Waals surface area (Å²) in [6.07, 6.45) is -3.06. The molecular formula is C22H21F4N3O2. The van der Waals surface area contributed by atoms with Gasteiger partial charge in [-0.1, -0.05) is 23.4 Å². The Morgan fingerprint density at radius 3 is 2.61 bits per heavy atom. The first-order chi connectivity index (χ1) is 14.7. The number of aryl methyl sites for hydroxylation is 2. The van der Waals surface area contributed by atoms with Gasteiger partial charge in [-0.25, -0.2) is 9.37 Å². The molecule has 0 radical (unpaired) electrons. The van der Waals surface area contributed by atoms with Gasteiger partial charge in [-0.05, 0) is 43.9 Å². The number of aromatic nitrogens is 2. The molecule has 0 N–H and O–H groups in total. The number of amides is 1. The van der Waals surface area contributed by atoms with E-state index in [9.17, 15) is 22.4 Å². The predicted octanol–water partition coefficient (Wildman–Crippen LogP) is 5.03. The highest BCUT2D eigenvalue weighted by molar-refractivity contribution is 5.81. The summed E-state index contributed by atoms with van der Waals surface area (Å²) in [5, 5.41) is 3.51. The van der Waals surface area contributed by atoms with Gasteiger partial charge in [0.15, 0.2) is 0 Å². The van der Waals surface area contributed by atoms with E-state index >= 15 is 0 Å². The number of piperidine rings is 1. The second-order valence-electron chi connectivity index (χ2n) is 7.79. The standard InChI is InChI=1S/C22H21F4N3O2/c1-13-20-16(22(24,25)26)12-18(27-21(20)31-28-13)15-8-10-29(11-9-15)19(30)7-6-14-4-2-3-5-17(14)23/h2-5,12,15H,6-11H2,1H3. The monoisotopic (exact) mass is 435 g/mol. The summed E-state index contributed by atoms with van der Waals surface area (Å²) >= 11 is 0. The molecule has 1 fully saturated rings. The number of halogens is 4. The molecule has 2 aromatic heterocycles. The van der Waals surface area contributed by atoms with Crippen molar-refractivity contribution < 1.29 is 26.9 Å². The first-order valence-corrected chi connectivity index (χ1v) is 10.1. The van der Waals surface area contributed by atoms with E-state index in [-0.39, 0.29) is 40.9 Å². The number of hydrogen-bond acceptors (Lipinski definition) is 4. The third kappa shape index (κ3) is 4.40. The van der Waals surface area contributed by atoms with Gasteiger partial charge in [0.25, 0.3) is 5.71 Å². The van der Waals surface area contributed by atoms with Crippen LogP contribution in [0.2, 0.25) is 0 Å². The van der Waals surface area contributed by atoms with Crippen LogP contribution in [-0.4, -0.2) is 34.0 Å². The lowest BCUT2D eigenvalue weighted by Crippen LogP contribution is -2.38. The minimum atomic E-state index is -4.55. The summed E-state index contributed by atoms with van der Waals surface area (Å²) in [7, 11) is 0. The van der Waals surface area contributed by atoms with Gasteiger partial charge >= 0.3 is 6.18 Å². The minimum absolute atomic E-state index is 0.0908. The van der Waals surface area contributed by atoms with E-state index in [0.717, 1.165) is 6.07 Å². The molecule has 5 nitrogen and oxygen atoms in total. The highest BCUT2D eigenvalue weighted by Gasteiger charge is 2.37. The number of rotatable bonds is 4. The molecule has 9 heteroatoms. The molecular weight excluding hydrogens is 414 g/mol. The van der Waals surface area contributed by atoms with E-state index < -0.39 is 11.7 Å². The quantitative estimate of drug-likeness (QED) is 0.540. The van der Waals surface area contributed by atoms with Crippen LogP contribution < -0.4 is 0 Å². The molecule has 31 heavy (non-hydrogen) atoms. The van der Waals surface area contributed by atoms with Crippen LogP contribution >= 0.6 is 0 Å². The fourth-order valence-corrected chi connectivity index (χ4v) is 4.07. The molecule has 1 amide bonds. The molecule has 1 aliphatic rings. The molecule has 3 heterocycles. The summed E-state index contributed by atoms with van der Waals surface area (Å²) in [6, 6.07) is 7.41. The second kappa shape index (κ2) is 8.28. The molecule has 1 aliphatic heterocycles. The van der Waals surface area contributed by atoms with E-state index in [1.54, 1.807) is 23.1 Å². The normalized spacial score (nSPS) is 15.6. The van der Waals surface area contributed by atoms with Crippen molar-refractivity contribution in [2.75, 3.05) is 13.1 Å². The molecule has 0 bridgehead atoms. The Kier molecular flexibility index (Phi) is 5.68. The Labute approximate surface area is 176 Å². The lowest BCUT2D eigenvalue weighted by Gasteiger charge is -2.32. The highest BCUT2D eigenvalue weighted by Crippen LogP contribution is 2.38. The van der Waals surface area contributed by atoms with Crippen molar-refractivity contribution in [3.8, 4) is 0 Å². The van der Waals surface area contributed by atoms with Gasteiger partial charge in [-0.15, -0.1) is 0 Å². The summed E-state index contributed by atoms with van der Waals surface area (Å²) in [5.41, 5.74) is 0.0247. The maximum atomic E-state index is 13.7. The summed E-state index contributed by atoms with van der Waals surface area (Å²) in [6.45, 7) is 2.28. The van der Waals surface area contributed by atoms with E-state index in [1.807, 2.05) is 0 Å². The molecule has 4 rings (SSSR count). The van der Waals surface area contributed by atoms with Gasteiger partial charge in [0.2, 0.25) is 5.91 Å². The van der Waals surface area contributed by atoms with E-state index in [4.69, 9.17) is 4.52 Å². The van der Waals surface area contributed by atoms with Gasteiger partial charge in [0.05, 0.1) is 16.6 Å². The highest BCUT2D eigenvalue weighted by atomic mass is 19.4. The van der Waals surface area contributed by atoms with Crippen molar-refractivity contribution in [2.45, 2.75) is 44.7 Å². The Morgan fingerprint density at radius 2 is 1.94 bits per heavy atom. The number of pyridine rings is 1. The van der Waals surface area contributed by atoms with E-state index in [0.29, 0.717) is 43.6 Å². The average Bonchev–Trinajstić information content (AvgIpc) is 3.12. The second-order valence-corrected chi connectivity index (χ2v) is 7.79. The maximum Gasteiger partial charge on any atom is 0.417 e. The van der Waals surface area contributed by atoms with Crippen molar-refractivity contribution >= 4 is 17.0 Å². The summed E-state index contributed by atoms with van der Waals surface area (Å²) in [4.78, 5) is 18.5. The van der Waals surface area contributed by atoms with Gasteiger partial charge in [0, 0.05) is 31.1 Å². The predicted molar refractivity (Wildman–Crippen MR) is 105 cm³/mol. The number of fused-ring (bicyclic) bond motifs is 1. The SMILES string of the molecule is Cc1noc2nc(C3CCN(C(=O)CCc4ccccc4F)CC3)cc(C(F)(F)F)c12. The van der Waals surface area contributed by atoms with Crippen LogP contribution in [0.25, 0.3) is 11.1 Å². The number of hydrogen-bond donors (Lipinski definition) is 0. The van der Waals surface area contributed by atoms with E-state index in [1.165, 1.54) is 13.0 Å². The van der Waals surface area contributed by atoms with Crippen molar-refractivity contribution in [3.05, 3.63) is 58.7 Å². The number of carbonyl (C=O) groups is 1. The topological polar surface area (TPSA) is 59.2 Å². The van der Waals surface area contributed by atoms with Crippen LogP contribution in [0.3, 0.4) is 0 Å². The lowest BCUT2D eigenvalue weighted by molar-refractivity contribution is -0.136. The van der Waals surface area contributed by atoms with Crippen LogP contribution in [0.1, 0.15) is 47.7 Å². The van der Waals surface area contributed by atoms with Gasteiger partial charge in [0.1, 0.15) is 5.82 Å². The average molecular weight is 435 g/mol. The first kappa shape index (κ1) is 21.3. The van der Waals surface area contributed by atoms with E-state index in [2.05, 4.69) is 10.1 Å². The number of nitrogens with zero attached hydrogens (tertiary/aromatic N) is 3. The Balaban J connectivity index is 1.43. The molecule has 0 aliphatic carbocycles. The molecule has 164 valence electrons. The Bertz CT molecular complexity index is 1100. The van der Waals surface area contributed by atoms with Gasteiger partial charge in [-0.2, -0.15) is 13.2 Å². The van der Waals surface area contributed by atoms with Crippen LogP contribution in [0.15, 0.2) is 34.9 Å². The number of benzene rings is 1. The van der Waals surface area contributed by atoms with Gasteiger partial charge < -0.3 is 9.42 Å². The Hall–Kier alpha value is -2.97. The molecule has 3 aromatic rings. The molecule has 0 atom stereocenters. The lowest BCUT2D eigenvalue weighted by atomic mass is 9.91. The van der Waals surface area contributed by atoms with Crippen molar-refractivity contribution in [3.63, 3.8) is 0 Å².